The molecule has 0 unspecified atom stereocenters. The molecule has 4 rings (SSSR count). The summed E-state index contributed by atoms with van der Waals surface area (Å²) in [5.41, 5.74) is 0.527. The van der Waals surface area contributed by atoms with Gasteiger partial charge < -0.3 is 14.2 Å². The average molecular weight is 330 g/mol. The molecule has 0 aromatic heterocycles. The van der Waals surface area contributed by atoms with Crippen LogP contribution in [0.15, 0.2) is 18.2 Å². The van der Waals surface area contributed by atoms with Crippen molar-refractivity contribution >= 4 is 17.9 Å². The average Bonchev–Trinajstić information content (AvgIpc) is 3.39. The van der Waals surface area contributed by atoms with Crippen LogP contribution in [-0.2, 0) is 14.2 Å². The van der Waals surface area contributed by atoms with Crippen LogP contribution >= 0.6 is 0 Å². The number of hydrogen-bond acceptors (Lipinski definition) is 6. The van der Waals surface area contributed by atoms with Gasteiger partial charge in [-0.15, -0.1) is 0 Å². The van der Waals surface area contributed by atoms with Crippen molar-refractivity contribution in [2.75, 3.05) is 0 Å². The van der Waals surface area contributed by atoms with Crippen LogP contribution in [0.5, 0.6) is 0 Å². The Kier molecular flexibility index (Phi) is 3.75. The number of ether oxygens (including phenoxy) is 3. The highest BCUT2D eigenvalue weighted by molar-refractivity contribution is 6.00. The lowest BCUT2D eigenvalue weighted by atomic mass is 10.1. The molecule has 6 nitrogen and oxygen atoms in total. The standard InChI is InChI=1S/C18H18O6/c19-16(22-13-1-2-13)10-7-11(17(20)23-14-3-4-14)9-12(8-10)18(21)24-15-5-6-15/h7-9,13-15H,1-6H2. The van der Waals surface area contributed by atoms with E-state index in [1.165, 1.54) is 18.2 Å². The molecule has 1 aromatic rings. The zero-order valence-corrected chi connectivity index (χ0v) is 13.2. The van der Waals surface area contributed by atoms with Crippen LogP contribution in [0.2, 0.25) is 0 Å². The Morgan fingerprint density at radius 3 is 1.04 bits per heavy atom. The Balaban J connectivity index is 1.58. The molecule has 3 aliphatic carbocycles. The van der Waals surface area contributed by atoms with Crippen molar-refractivity contribution in [1.82, 2.24) is 0 Å². The summed E-state index contributed by atoms with van der Waals surface area (Å²) in [4.78, 5) is 36.6. The molecule has 0 aliphatic heterocycles. The number of benzene rings is 1. The Labute approximate surface area is 139 Å². The lowest BCUT2D eigenvalue weighted by Gasteiger charge is -2.09. The van der Waals surface area contributed by atoms with Crippen molar-refractivity contribution in [3.63, 3.8) is 0 Å². The predicted molar refractivity (Wildman–Crippen MR) is 81.8 cm³/mol. The van der Waals surface area contributed by atoms with Gasteiger partial charge in [0.25, 0.3) is 0 Å². The molecule has 0 atom stereocenters. The lowest BCUT2D eigenvalue weighted by Crippen LogP contribution is -2.14. The van der Waals surface area contributed by atoms with Gasteiger partial charge in [0, 0.05) is 0 Å². The Morgan fingerprint density at radius 1 is 0.583 bits per heavy atom. The van der Waals surface area contributed by atoms with Gasteiger partial charge in [0.2, 0.25) is 0 Å². The largest absolute Gasteiger partial charge is 0.459 e. The summed E-state index contributed by atoms with van der Waals surface area (Å²) in [6.45, 7) is 0. The molecule has 0 amide bonds. The molecule has 0 spiro atoms. The van der Waals surface area contributed by atoms with Crippen LogP contribution in [0.25, 0.3) is 0 Å². The fourth-order valence-corrected chi connectivity index (χ4v) is 2.20. The van der Waals surface area contributed by atoms with Gasteiger partial charge in [-0.1, -0.05) is 0 Å². The highest BCUT2D eigenvalue weighted by Crippen LogP contribution is 2.28. The van der Waals surface area contributed by atoms with E-state index in [9.17, 15) is 14.4 Å². The summed E-state index contributed by atoms with van der Waals surface area (Å²) < 4.78 is 15.8. The molecule has 0 saturated heterocycles. The van der Waals surface area contributed by atoms with E-state index in [-0.39, 0.29) is 35.0 Å². The van der Waals surface area contributed by atoms with E-state index in [1.54, 1.807) is 0 Å². The Hall–Kier alpha value is -2.37. The second kappa shape index (κ2) is 5.92. The number of rotatable bonds is 6. The van der Waals surface area contributed by atoms with Crippen molar-refractivity contribution in [2.24, 2.45) is 0 Å². The highest BCUT2D eigenvalue weighted by atomic mass is 16.6. The molecule has 0 bridgehead atoms. The minimum absolute atomic E-state index is 0.0542. The molecule has 0 radical (unpaired) electrons. The molecule has 3 saturated carbocycles. The van der Waals surface area contributed by atoms with E-state index >= 15 is 0 Å². The topological polar surface area (TPSA) is 78.9 Å². The summed E-state index contributed by atoms with van der Waals surface area (Å²) >= 11 is 0. The second-order valence-electron chi connectivity index (χ2n) is 6.61. The Bertz CT molecular complexity index is 590. The normalized spacial score (nSPS) is 19.5. The van der Waals surface area contributed by atoms with E-state index in [0.29, 0.717) is 0 Å². The van der Waals surface area contributed by atoms with Gasteiger partial charge in [0.15, 0.2) is 0 Å². The molecule has 0 N–H and O–H groups in total. The van der Waals surface area contributed by atoms with E-state index in [1.807, 2.05) is 0 Å². The molecule has 1 aromatic carbocycles. The van der Waals surface area contributed by atoms with Crippen molar-refractivity contribution in [3.8, 4) is 0 Å². The van der Waals surface area contributed by atoms with Crippen LogP contribution in [0.3, 0.4) is 0 Å². The second-order valence-corrected chi connectivity index (χ2v) is 6.61. The van der Waals surface area contributed by atoms with Gasteiger partial charge in [0.05, 0.1) is 16.7 Å². The van der Waals surface area contributed by atoms with Crippen molar-refractivity contribution in [1.29, 1.82) is 0 Å². The van der Waals surface area contributed by atoms with Gasteiger partial charge in [0.1, 0.15) is 18.3 Å². The summed E-state index contributed by atoms with van der Waals surface area (Å²) in [6.07, 6.45) is 4.95. The van der Waals surface area contributed by atoms with Crippen LogP contribution < -0.4 is 0 Å². The summed E-state index contributed by atoms with van der Waals surface area (Å²) in [6, 6.07) is 4.26. The number of hydrogen-bond donors (Lipinski definition) is 0. The van der Waals surface area contributed by atoms with E-state index in [4.69, 9.17) is 14.2 Å². The number of carbonyl (C=O) groups excluding carboxylic acids is 3. The maximum Gasteiger partial charge on any atom is 0.338 e. The third-order valence-corrected chi connectivity index (χ3v) is 4.03. The molecule has 3 aliphatic rings. The van der Waals surface area contributed by atoms with Gasteiger partial charge in [-0.25, -0.2) is 14.4 Å². The monoisotopic (exact) mass is 330 g/mol. The van der Waals surface area contributed by atoms with Crippen LogP contribution in [0, 0.1) is 0 Å². The molecule has 126 valence electrons. The number of esters is 3. The van der Waals surface area contributed by atoms with Crippen molar-refractivity contribution in [3.05, 3.63) is 34.9 Å². The molecule has 0 heterocycles. The van der Waals surface area contributed by atoms with Gasteiger partial charge >= 0.3 is 17.9 Å². The number of carbonyl (C=O) groups is 3. The minimum Gasteiger partial charge on any atom is -0.459 e. The van der Waals surface area contributed by atoms with Crippen LogP contribution in [-0.4, -0.2) is 36.2 Å². The van der Waals surface area contributed by atoms with Gasteiger partial charge in [-0.05, 0) is 56.7 Å². The third kappa shape index (κ3) is 3.75. The quantitative estimate of drug-likeness (QED) is 0.589. The first kappa shape index (κ1) is 15.2. The Morgan fingerprint density at radius 2 is 0.833 bits per heavy atom. The highest BCUT2D eigenvalue weighted by Gasteiger charge is 2.31. The molecule has 24 heavy (non-hydrogen) atoms. The zero-order chi connectivity index (χ0) is 16.7. The maximum absolute atomic E-state index is 12.2. The first-order chi connectivity index (χ1) is 11.6. The van der Waals surface area contributed by atoms with Crippen molar-refractivity contribution in [2.45, 2.75) is 56.8 Å². The summed E-state index contributed by atoms with van der Waals surface area (Å²) in [7, 11) is 0. The maximum atomic E-state index is 12.2. The fourth-order valence-electron chi connectivity index (χ4n) is 2.20. The van der Waals surface area contributed by atoms with Crippen LogP contribution in [0.4, 0.5) is 0 Å². The smallest absolute Gasteiger partial charge is 0.338 e. The minimum atomic E-state index is -0.529. The first-order valence-corrected chi connectivity index (χ1v) is 8.36. The van der Waals surface area contributed by atoms with E-state index in [0.717, 1.165) is 38.5 Å². The van der Waals surface area contributed by atoms with E-state index < -0.39 is 17.9 Å². The predicted octanol–water partition coefficient (Wildman–Crippen LogP) is 2.64. The van der Waals surface area contributed by atoms with E-state index in [2.05, 4.69) is 0 Å². The van der Waals surface area contributed by atoms with Gasteiger partial charge in [-0.2, -0.15) is 0 Å². The SMILES string of the molecule is O=C(OC1CC1)c1cc(C(=O)OC2CC2)cc(C(=O)OC2CC2)c1. The lowest BCUT2D eigenvalue weighted by molar-refractivity contribution is 0.0470. The fraction of sp³-hybridized carbons (Fsp3) is 0.500. The zero-order valence-electron chi connectivity index (χ0n) is 13.2. The molecule has 6 heteroatoms. The summed E-state index contributed by atoms with van der Waals surface area (Å²) in [5, 5.41) is 0. The molecular formula is C18H18O6. The summed E-state index contributed by atoms with van der Waals surface area (Å²) in [5.74, 6) is -1.59. The first-order valence-electron chi connectivity index (χ1n) is 8.36. The molecule has 3 fully saturated rings. The molecular weight excluding hydrogens is 312 g/mol. The van der Waals surface area contributed by atoms with Crippen LogP contribution in [0.1, 0.15) is 69.6 Å². The van der Waals surface area contributed by atoms with Crippen molar-refractivity contribution < 1.29 is 28.6 Å². The third-order valence-electron chi connectivity index (χ3n) is 4.03. The van der Waals surface area contributed by atoms with Gasteiger partial charge in [-0.3, -0.25) is 0 Å².